The van der Waals surface area contributed by atoms with E-state index in [1.165, 1.54) is 29.6 Å². The van der Waals surface area contributed by atoms with Crippen LogP contribution in [0.1, 0.15) is 0 Å². The van der Waals surface area contributed by atoms with Crippen LogP contribution in [0.5, 0.6) is 0 Å². The third kappa shape index (κ3) is 5.43. The predicted molar refractivity (Wildman–Crippen MR) is 70.1 cm³/mol. The molecule has 0 spiro atoms. The highest BCUT2D eigenvalue weighted by molar-refractivity contribution is 8.03. The molecule has 1 atom stereocenters. The molecule has 3 N–H and O–H groups in total. The van der Waals surface area contributed by atoms with E-state index in [-0.39, 0.29) is 5.82 Å². The summed E-state index contributed by atoms with van der Waals surface area (Å²) >= 11 is 2.89. The maximum absolute atomic E-state index is 13.2. The Morgan fingerprint density at radius 1 is 1.41 bits per heavy atom. The van der Waals surface area contributed by atoms with Crippen molar-refractivity contribution in [3.8, 4) is 0 Å². The summed E-state index contributed by atoms with van der Waals surface area (Å²) in [5.41, 5.74) is 5.35. The number of carbonyl (C=O) groups is 1. The summed E-state index contributed by atoms with van der Waals surface area (Å²) in [4.78, 5) is 11.1. The van der Waals surface area contributed by atoms with E-state index >= 15 is 0 Å². The number of carboxylic acids is 1. The predicted octanol–water partition coefficient (Wildman–Crippen LogP) is 2.06. The number of hydrogen-bond acceptors (Lipinski definition) is 4. The molecule has 0 heterocycles. The van der Waals surface area contributed by atoms with Gasteiger partial charge in [0.25, 0.3) is 0 Å². The minimum absolute atomic E-state index is 0.218. The largest absolute Gasteiger partial charge is 0.480 e. The van der Waals surface area contributed by atoms with Crippen LogP contribution in [0.2, 0.25) is 0 Å². The summed E-state index contributed by atoms with van der Waals surface area (Å²) in [5, 5.41) is 8.56. The molecule has 0 saturated heterocycles. The fourth-order valence-corrected chi connectivity index (χ4v) is 3.02. The van der Waals surface area contributed by atoms with Crippen LogP contribution in [-0.4, -0.2) is 34.4 Å². The Balaban J connectivity index is 2.17. The molecule has 94 valence electrons. The third-order valence-corrected chi connectivity index (χ3v) is 4.33. The molecule has 6 heteroatoms. The summed E-state index contributed by atoms with van der Waals surface area (Å²) in [6.45, 7) is 0. The maximum atomic E-state index is 13.2. The number of benzene rings is 1. The van der Waals surface area contributed by atoms with Gasteiger partial charge in [-0.15, -0.1) is 11.8 Å². The van der Waals surface area contributed by atoms with Crippen molar-refractivity contribution in [2.24, 2.45) is 5.73 Å². The highest BCUT2D eigenvalue weighted by Crippen LogP contribution is 2.22. The molecule has 0 aliphatic heterocycles. The Morgan fingerprint density at radius 3 is 2.76 bits per heavy atom. The first-order valence-corrected chi connectivity index (χ1v) is 7.18. The highest BCUT2D eigenvalue weighted by Gasteiger charge is 2.10. The molecule has 1 rings (SSSR count). The average molecular weight is 275 g/mol. The molecule has 0 fully saturated rings. The number of aliphatic carboxylic acids is 1. The molecular weight excluding hydrogens is 261 g/mol. The SMILES string of the molecule is N[C@@H](CSCCSc1ccccc1F)C(=O)O. The van der Waals surface area contributed by atoms with Crippen LogP contribution in [0.3, 0.4) is 0 Å². The standard InChI is InChI=1S/C11H14FNO2S2/c12-8-3-1-2-4-10(8)17-6-5-16-7-9(13)11(14)15/h1-4,9H,5-7,13H2,(H,14,15)/t9-/m0/s1. The molecule has 0 bridgehead atoms. The van der Waals surface area contributed by atoms with Gasteiger partial charge in [-0.2, -0.15) is 11.8 Å². The Hall–Kier alpha value is -0.720. The van der Waals surface area contributed by atoms with Crippen LogP contribution in [0.15, 0.2) is 29.2 Å². The van der Waals surface area contributed by atoms with Crippen molar-refractivity contribution in [2.75, 3.05) is 17.3 Å². The lowest BCUT2D eigenvalue weighted by atomic mass is 10.3. The normalized spacial score (nSPS) is 12.4. The van der Waals surface area contributed by atoms with Crippen molar-refractivity contribution in [3.63, 3.8) is 0 Å². The van der Waals surface area contributed by atoms with Gasteiger partial charge in [0, 0.05) is 22.2 Å². The van der Waals surface area contributed by atoms with Crippen LogP contribution in [0.4, 0.5) is 4.39 Å². The van der Waals surface area contributed by atoms with E-state index in [1.807, 2.05) is 0 Å². The molecule has 1 aromatic carbocycles. The van der Waals surface area contributed by atoms with E-state index in [9.17, 15) is 9.18 Å². The average Bonchev–Trinajstić information content (AvgIpc) is 2.30. The van der Waals surface area contributed by atoms with Gasteiger partial charge in [0.05, 0.1) is 0 Å². The Morgan fingerprint density at radius 2 is 2.12 bits per heavy atom. The zero-order valence-electron chi connectivity index (χ0n) is 9.14. The number of halogens is 1. The van der Waals surface area contributed by atoms with Crippen molar-refractivity contribution < 1.29 is 14.3 Å². The zero-order chi connectivity index (χ0) is 12.7. The van der Waals surface area contributed by atoms with E-state index in [1.54, 1.807) is 18.2 Å². The molecule has 0 aliphatic rings. The lowest BCUT2D eigenvalue weighted by Crippen LogP contribution is -2.32. The van der Waals surface area contributed by atoms with Gasteiger partial charge >= 0.3 is 5.97 Å². The second-order valence-electron chi connectivity index (χ2n) is 3.30. The fourth-order valence-electron chi connectivity index (χ4n) is 1.05. The first-order chi connectivity index (χ1) is 8.11. The van der Waals surface area contributed by atoms with Crippen molar-refractivity contribution in [1.82, 2.24) is 0 Å². The van der Waals surface area contributed by atoms with E-state index in [0.717, 1.165) is 11.5 Å². The lowest BCUT2D eigenvalue weighted by molar-refractivity contribution is -0.137. The van der Waals surface area contributed by atoms with Crippen LogP contribution in [0.25, 0.3) is 0 Å². The second-order valence-corrected chi connectivity index (χ2v) is 5.59. The Bertz CT molecular complexity index is 376. The van der Waals surface area contributed by atoms with Gasteiger partial charge in [0.15, 0.2) is 0 Å². The molecule has 0 amide bonds. The van der Waals surface area contributed by atoms with Crippen molar-refractivity contribution in [3.05, 3.63) is 30.1 Å². The van der Waals surface area contributed by atoms with Gasteiger partial charge in [-0.3, -0.25) is 4.79 Å². The number of rotatable bonds is 7. The number of nitrogens with two attached hydrogens (primary N) is 1. The number of carboxylic acid groups (broad SMARTS) is 1. The molecule has 0 aromatic heterocycles. The minimum Gasteiger partial charge on any atom is -0.480 e. The quantitative estimate of drug-likeness (QED) is 0.589. The van der Waals surface area contributed by atoms with E-state index in [4.69, 9.17) is 10.8 Å². The molecule has 0 radical (unpaired) electrons. The molecule has 3 nitrogen and oxygen atoms in total. The molecular formula is C11H14FNO2S2. The van der Waals surface area contributed by atoms with E-state index < -0.39 is 12.0 Å². The highest BCUT2D eigenvalue weighted by atomic mass is 32.2. The van der Waals surface area contributed by atoms with Gasteiger partial charge in [0.2, 0.25) is 0 Å². The topological polar surface area (TPSA) is 63.3 Å². The van der Waals surface area contributed by atoms with E-state index in [0.29, 0.717) is 10.6 Å². The maximum Gasteiger partial charge on any atom is 0.321 e. The first kappa shape index (κ1) is 14.3. The summed E-state index contributed by atoms with van der Waals surface area (Å²) in [7, 11) is 0. The van der Waals surface area contributed by atoms with Gasteiger partial charge in [-0.1, -0.05) is 12.1 Å². The summed E-state index contributed by atoms with van der Waals surface area (Å²) in [5.74, 6) is 0.662. The lowest BCUT2D eigenvalue weighted by Gasteiger charge is -2.06. The molecule has 0 unspecified atom stereocenters. The van der Waals surface area contributed by atoms with Gasteiger partial charge < -0.3 is 10.8 Å². The van der Waals surface area contributed by atoms with Crippen LogP contribution in [0, 0.1) is 5.82 Å². The number of hydrogen-bond donors (Lipinski definition) is 2. The third-order valence-electron chi connectivity index (χ3n) is 1.94. The van der Waals surface area contributed by atoms with Crippen LogP contribution < -0.4 is 5.73 Å². The van der Waals surface area contributed by atoms with Crippen LogP contribution >= 0.6 is 23.5 Å². The molecule has 1 aromatic rings. The summed E-state index contributed by atoms with van der Waals surface area (Å²) in [6.07, 6.45) is 0. The van der Waals surface area contributed by atoms with Gasteiger partial charge in [-0.25, -0.2) is 4.39 Å². The van der Waals surface area contributed by atoms with Crippen molar-refractivity contribution in [2.45, 2.75) is 10.9 Å². The smallest absolute Gasteiger partial charge is 0.321 e. The second kappa shape index (κ2) is 7.58. The fraction of sp³-hybridized carbons (Fsp3) is 0.364. The van der Waals surface area contributed by atoms with Crippen molar-refractivity contribution in [1.29, 1.82) is 0 Å². The van der Waals surface area contributed by atoms with Gasteiger partial charge in [-0.05, 0) is 12.1 Å². The number of thioether (sulfide) groups is 2. The molecule has 0 aliphatic carbocycles. The Labute approximate surface area is 108 Å². The summed E-state index contributed by atoms with van der Waals surface area (Å²) in [6, 6.07) is 5.78. The van der Waals surface area contributed by atoms with Crippen molar-refractivity contribution >= 4 is 29.5 Å². The molecule has 0 saturated carbocycles. The van der Waals surface area contributed by atoms with Gasteiger partial charge in [0.1, 0.15) is 11.9 Å². The molecule has 17 heavy (non-hydrogen) atoms. The first-order valence-electron chi connectivity index (χ1n) is 5.04. The monoisotopic (exact) mass is 275 g/mol. The minimum atomic E-state index is -0.987. The Kier molecular flexibility index (Phi) is 6.39. The summed E-state index contributed by atoms with van der Waals surface area (Å²) < 4.78 is 13.2. The van der Waals surface area contributed by atoms with E-state index in [2.05, 4.69) is 0 Å². The van der Waals surface area contributed by atoms with Crippen LogP contribution in [-0.2, 0) is 4.79 Å². The zero-order valence-corrected chi connectivity index (χ0v) is 10.8.